The maximum atomic E-state index is 12.9. The molecule has 0 saturated carbocycles. The zero-order valence-electron chi connectivity index (χ0n) is 9.07. The van der Waals surface area contributed by atoms with Crippen molar-refractivity contribution in [3.05, 3.63) is 40.2 Å². The van der Waals surface area contributed by atoms with E-state index in [0.717, 1.165) is 10.7 Å². The first-order valence-corrected chi connectivity index (χ1v) is 5.84. The number of nitrogens with zero attached hydrogens (tertiary/aromatic N) is 2. The lowest BCUT2D eigenvalue weighted by atomic mass is 10.2. The highest BCUT2D eigenvalue weighted by Crippen LogP contribution is 2.19. The minimum atomic E-state index is -0.480. The quantitative estimate of drug-likeness (QED) is 0.833. The van der Waals surface area contributed by atoms with Crippen LogP contribution in [0.5, 0.6) is 0 Å². The summed E-state index contributed by atoms with van der Waals surface area (Å²) in [6.45, 7) is 3.93. The Hall–Kier alpha value is -1.49. The SMILES string of the molecule is Cc1nc(C(C)Nc2cccc(F)n2)cs1. The number of anilines is 1. The van der Waals surface area contributed by atoms with Crippen molar-refractivity contribution in [1.82, 2.24) is 9.97 Å². The van der Waals surface area contributed by atoms with E-state index in [9.17, 15) is 4.39 Å². The van der Waals surface area contributed by atoms with Crippen LogP contribution in [-0.2, 0) is 0 Å². The molecule has 0 aromatic carbocycles. The number of aryl methyl sites for hydroxylation is 1. The third-order valence-corrected chi connectivity index (χ3v) is 2.95. The highest BCUT2D eigenvalue weighted by atomic mass is 32.1. The molecule has 0 aliphatic rings. The molecule has 1 N–H and O–H groups in total. The van der Waals surface area contributed by atoms with Gasteiger partial charge in [-0.05, 0) is 26.0 Å². The van der Waals surface area contributed by atoms with Crippen LogP contribution in [0.15, 0.2) is 23.6 Å². The molecule has 0 fully saturated rings. The highest BCUT2D eigenvalue weighted by molar-refractivity contribution is 7.09. The molecule has 1 atom stereocenters. The summed E-state index contributed by atoms with van der Waals surface area (Å²) in [4.78, 5) is 8.11. The zero-order valence-corrected chi connectivity index (χ0v) is 9.88. The second kappa shape index (κ2) is 4.57. The number of halogens is 1. The Labute approximate surface area is 97.4 Å². The van der Waals surface area contributed by atoms with Crippen molar-refractivity contribution < 1.29 is 4.39 Å². The average Bonchev–Trinajstić information content (AvgIpc) is 2.65. The Morgan fingerprint density at radius 1 is 1.38 bits per heavy atom. The monoisotopic (exact) mass is 237 g/mol. The van der Waals surface area contributed by atoms with Crippen LogP contribution < -0.4 is 5.32 Å². The van der Waals surface area contributed by atoms with E-state index in [1.807, 2.05) is 19.2 Å². The Kier molecular flexibility index (Phi) is 3.14. The molecule has 3 nitrogen and oxygen atoms in total. The van der Waals surface area contributed by atoms with Gasteiger partial charge in [0.1, 0.15) is 5.82 Å². The molecule has 0 radical (unpaired) electrons. The second-order valence-electron chi connectivity index (χ2n) is 3.50. The molecule has 0 aliphatic heterocycles. The first-order chi connectivity index (χ1) is 7.65. The molecule has 1 unspecified atom stereocenters. The van der Waals surface area contributed by atoms with Crippen molar-refractivity contribution in [1.29, 1.82) is 0 Å². The Balaban J connectivity index is 2.10. The molecule has 2 heterocycles. The van der Waals surface area contributed by atoms with E-state index in [4.69, 9.17) is 0 Å². The lowest BCUT2D eigenvalue weighted by Crippen LogP contribution is -2.08. The third-order valence-electron chi connectivity index (χ3n) is 2.16. The van der Waals surface area contributed by atoms with Gasteiger partial charge in [0, 0.05) is 5.38 Å². The van der Waals surface area contributed by atoms with Gasteiger partial charge in [0.25, 0.3) is 0 Å². The molecule has 0 aliphatic carbocycles. The lowest BCUT2D eigenvalue weighted by Gasteiger charge is -2.11. The van der Waals surface area contributed by atoms with Crippen molar-refractivity contribution in [2.75, 3.05) is 5.32 Å². The van der Waals surface area contributed by atoms with Crippen LogP contribution in [0.1, 0.15) is 23.7 Å². The predicted molar refractivity (Wildman–Crippen MR) is 63.1 cm³/mol. The van der Waals surface area contributed by atoms with Gasteiger partial charge in [0.15, 0.2) is 0 Å². The summed E-state index contributed by atoms with van der Waals surface area (Å²) in [7, 11) is 0. The zero-order chi connectivity index (χ0) is 11.5. The maximum absolute atomic E-state index is 12.9. The van der Waals surface area contributed by atoms with Gasteiger partial charge in [-0.3, -0.25) is 0 Å². The second-order valence-corrected chi connectivity index (χ2v) is 4.57. The number of thiazole rings is 1. The summed E-state index contributed by atoms with van der Waals surface area (Å²) in [6, 6.07) is 4.71. The molecule has 2 aromatic heterocycles. The van der Waals surface area contributed by atoms with Crippen LogP contribution >= 0.6 is 11.3 Å². The number of rotatable bonds is 3. The van der Waals surface area contributed by atoms with Crippen molar-refractivity contribution in [3.63, 3.8) is 0 Å². The Bertz CT molecular complexity index is 484. The smallest absolute Gasteiger partial charge is 0.214 e. The fourth-order valence-electron chi connectivity index (χ4n) is 1.36. The van der Waals surface area contributed by atoms with Crippen LogP contribution in [0.4, 0.5) is 10.2 Å². The van der Waals surface area contributed by atoms with E-state index in [1.54, 1.807) is 23.5 Å². The van der Waals surface area contributed by atoms with Gasteiger partial charge < -0.3 is 5.32 Å². The van der Waals surface area contributed by atoms with Gasteiger partial charge in [0.2, 0.25) is 5.95 Å². The molecule has 0 spiro atoms. The molecule has 84 valence electrons. The summed E-state index contributed by atoms with van der Waals surface area (Å²) < 4.78 is 12.9. The van der Waals surface area contributed by atoms with E-state index in [1.165, 1.54) is 6.07 Å². The van der Waals surface area contributed by atoms with Gasteiger partial charge in [-0.1, -0.05) is 6.07 Å². The van der Waals surface area contributed by atoms with Crippen molar-refractivity contribution in [2.45, 2.75) is 19.9 Å². The number of aromatic nitrogens is 2. The van der Waals surface area contributed by atoms with E-state index in [0.29, 0.717) is 5.82 Å². The first-order valence-electron chi connectivity index (χ1n) is 4.96. The Morgan fingerprint density at radius 3 is 2.81 bits per heavy atom. The fraction of sp³-hybridized carbons (Fsp3) is 0.273. The van der Waals surface area contributed by atoms with E-state index >= 15 is 0 Å². The standard InChI is InChI=1S/C11H12FN3S/c1-7(9-6-16-8(2)14-9)13-11-5-3-4-10(12)15-11/h3-7H,1-2H3,(H,13,15). The normalized spacial score (nSPS) is 12.4. The Morgan fingerprint density at radius 2 is 2.19 bits per heavy atom. The van der Waals surface area contributed by atoms with Crippen LogP contribution in [0.3, 0.4) is 0 Å². The number of hydrogen-bond donors (Lipinski definition) is 1. The summed E-state index contributed by atoms with van der Waals surface area (Å²) in [6.07, 6.45) is 0. The first kappa shape index (κ1) is 11.0. The van der Waals surface area contributed by atoms with Crippen molar-refractivity contribution in [3.8, 4) is 0 Å². The van der Waals surface area contributed by atoms with E-state index in [2.05, 4.69) is 15.3 Å². The minimum Gasteiger partial charge on any atom is -0.362 e. The number of hydrogen-bond acceptors (Lipinski definition) is 4. The lowest BCUT2D eigenvalue weighted by molar-refractivity contribution is 0.584. The molecule has 16 heavy (non-hydrogen) atoms. The summed E-state index contributed by atoms with van der Waals surface area (Å²) >= 11 is 1.60. The summed E-state index contributed by atoms with van der Waals surface area (Å²) in [5.41, 5.74) is 0.952. The number of pyridine rings is 1. The predicted octanol–water partition coefficient (Wildman–Crippen LogP) is 3.16. The molecular weight excluding hydrogens is 225 g/mol. The van der Waals surface area contributed by atoms with Gasteiger partial charge in [-0.25, -0.2) is 9.97 Å². The molecular formula is C11H12FN3S. The van der Waals surface area contributed by atoms with E-state index < -0.39 is 5.95 Å². The van der Waals surface area contributed by atoms with Gasteiger partial charge >= 0.3 is 0 Å². The third kappa shape index (κ3) is 2.55. The molecule has 5 heteroatoms. The largest absolute Gasteiger partial charge is 0.362 e. The minimum absolute atomic E-state index is 0.0271. The van der Waals surface area contributed by atoms with Crippen LogP contribution in [-0.4, -0.2) is 9.97 Å². The van der Waals surface area contributed by atoms with Gasteiger partial charge in [-0.2, -0.15) is 4.39 Å². The molecule has 2 aromatic rings. The molecule has 2 rings (SSSR count). The molecule has 0 amide bonds. The van der Waals surface area contributed by atoms with Crippen LogP contribution in [0, 0.1) is 12.9 Å². The van der Waals surface area contributed by atoms with Crippen LogP contribution in [0.25, 0.3) is 0 Å². The van der Waals surface area contributed by atoms with Crippen molar-refractivity contribution in [2.24, 2.45) is 0 Å². The number of nitrogens with one attached hydrogen (secondary N) is 1. The summed E-state index contributed by atoms with van der Waals surface area (Å²) in [5, 5.41) is 6.12. The maximum Gasteiger partial charge on any atom is 0.214 e. The van der Waals surface area contributed by atoms with E-state index in [-0.39, 0.29) is 6.04 Å². The van der Waals surface area contributed by atoms with Gasteiger partial charge in [-0.15, -0.1) is 11.3 Å². The van der Waals surface area contributed by atoms with Crippen LogP contribution in [0.2, 0.25) is 0 Å². The highest BCUT2D eigenvalue weighted by Gasteiger charge is 2.09. The van der Waals surface area contributed by atoms with Crippen molar-refractivity contribution >= 4 is 17.2 Å². The average molecular weight is 237 g/mol. The fourth-order valence-corrected chi connectivity index (χ4v) is 2.07. The summed E-state index contributed by atoms with van der Waals surface area (Å²) in [5.74, 6) is 0.0461. The molecule has 0 saturated heterocycles. The topological polar surface area (TPSA) is 37.8 Å². The van der Waals surface area contributed by atoms with Gasteiger partial charge in [0.05, 0.1) is 16.7 Å². The molecule has 0 bridgehead atoms.